The highest BCUT2D eigenvalue weighted by Crippen LogP contribution is 2.17. The van der Waals surface area contributed by atoms with Crippen molar-refractivity contribution in [3.8, 4) is 5.69 Å². The standard InChI is InChI=1S/C14H15NO2S/c1-10-6-7-11(2)13(9-10)15-8-4-5-12(3)14(15)18(16)17/h4-9H,1-3H3. The summed E-state index contributed by atoms with van der Waals surface area (Å²) in [6.45, 7) is 5.77. The summed E-state index contributed by atoms with van der Waals surface area (Å²) in [5, 5.41) is 0. The lowest BCUT2D eigenvalue weighted by atomic mass is 10.1. The van der Waals surface area contributed by atoms with Gasteiger partial charge in [-0.2, -0.15) is 8.42 Å². The Labute approximate surface area is 108 Å². The predicted octanol–water partition coefficient (Wildman–Crippen LogP) is 2.81. The van der Waals surface area contributed by atoms with E-state index in [1.807, 2.05) is 38.1 Å². The molecule has 0 amide bonds. The van der Waals surface area contributed by atoms with E-state index in [2.05, 4.69) is 0 Å². The van der Waals surface area contributed by atoms with Crippen molar-refractivity contribution in [2.24, 2.45) is 0 Å². The van der Waals surface area contributed by atoms with E-state index in [1.54, 1.807) is 23.8 Å². The van der Waals surface area contributed by atoms with Gasteiger partial charge in [0.15, 0.2) is 4.64 Å². The highest BCUT2D eigenvalue weighted by Gasteiger charge is 2.04. The maximum Gasteiger partial charge on any atom is 0.239 e. The molecule has 0 N–H and O–H groups in total. The summed E-state index contributed by atoms with van der Waals surface area (Å²) < 4.78 is 24.8. The molecule has 0 atom stereocenters. The fourth-order valence-corrected chi connectivity index (χ4v) is 2.63. The molecular formula is C14H15NO2S. The Balaban J connectivity index is 2.94. The van der Waals surface area contributed by atoms with Crippen LogP contribution in [-0.4, -0.2) is 13.0 Å². The third-order valence-corrected chi connectivity index (χ3v) is 3.75. The fraction of sp³-hybridized carbons (Fsp3) is 0.214. The minimum atomic E-state index is -2.25. The van der Waals surface area contributed by atoms with Gasteiger partial charge in [-0.05, 0) is 49.6 Å². The highest BCUT2D eigenvalue weighted by atomic mass is 32.2. The first kappa shape index (κ1) is 12.6. The molecule has 4 heteroatoms. The van der Waals surface area contributed by atoms with E-state index in [0.717, 1.165) is 22.4 Å². The Morgan fingerprint density at radius 1 is 1.00 bits per heavy atom. The smallest absolute Gasteiger partial charge is 0.239 e. The van der Waals surface area contributed by atoms with Crippen LogP contribution < -0.4 is 0 Å². The number of hydrogen-bond acceptors (Lipinski definition) is 2. The molecule has 1 aromatic heterocycles. The first-order chi connectivity index (χ1) is 8.50. The van der Waals surface area contributed by atoms with Gasteiger partial charge in [-0.25, -0.2) is 0 Å². The average Bonchev–Trinajstić information content (AvgIpc) is 2.31. The Morgan fingerprint density at radius 2 is 1.72 bits per heavy atom. The van der Waals surface area contributed by atoms with E-state index >= 15 is 0 Å². The van der Waals surface area contributed by atoms with Crippen LogP contribution in [0.4, 0.5) is 0 Å². The topological polar surface area (TPSA) is 39.1 Å². The summed E-state index contributed by atoms with van der Waals surface area (Å²) in [5.41, 5.74) is 3.79. The largest absolute Gasteiger partial charge is 0.304 e. The molecule has 1 aromatic carbocycles. The van der Waals surface area contributed by atoms with Crippen molar-refractivity contribution in [2.75, 3.05) is 0 Å². The van der Waals surface area contributed by atoms with Crippen molar-refractivity contribution in [1.82, 2.24) is 4.57 Å². The molecule has 0 fully saturated rings. The van der Waals surface area contributed by atoms with Gasteiger partial charge >= 0.3 is 0 Å². The third-order valence-electron chi connectivity index (χ3n) is 2.92. The van der Waals surface area contributed by atoms with E-state index in [0.29, 0.717) is 4.64 Å². The minimum Gasteiger partial charge on any atom is -0.304 e. The second-order valence-electron chi connectivity index (χ2n) is 4.39. The first-order valence-corrected chi connectivity index (χ1v) is 6.76. The Bertz CT molecular complexity index is 763. The van der Waals surface area contributed by atoms with Crippen LogP contribution in [0.3, 0.4) is 0 Å². The van der Waals surface area contributed by atoms with Crippen LogP contribution in [0.5, 0.6) is 0 Å². The van der Waals surface area contributed by atoms with E-state index in [9.17, 15) is 8.42 Å². The predicted molar refractivity (Wildman–Crippen MR) is 72.1 cm³/mol. The number of aryl methyl sites for hydroxylation is 3. The van der Waals surface area contributed by atoms with E-state index in [-0.39, 0.29) is 0 Å². The van der Waals surface area contributed by atoms with Crippen LogP contribution in [0.2, 0.25) is 0 Å². The van der Waals surface area contributed by atoms with Gasteiger partial charge in [-0.1, -0.05) is 18.2 Å². The van der Waals surface area contributed by atoms with Crippen LogP contribution in [0, 0.1) is 25.4 Å². The molecule has 2 aromatic rings. The third kappa shape index (κ3) is 2.24. The zero-order valence-corrected chi connectivity index (χ0v) is 11.5. The van der Waals surface area contributed by atoms with Crippen molar-refractivity contribution < 1.29 is 8.42 Å². The summed E-state index contributed by atoms with van der Waals surface area (Å²) in [5.74, 6) is 0. The molecule has 0 aliphatic rings. The van der Waals surface area contributed by atoms with Crippen LogP contribution in [0.15, 0.2) is 36.5 Å². The van der Waals surface area contributed by atoms with Gasteiger partial charge in [0.05, 0.1) is 0 Å². The Morgan fingerprint density at radius 3 is 2.39 bits per heavy atom. The molecule has 0 spiro atoms. The average molecular weight is 261 g/mol. The molecule has 2 rings (SSSR count). The van der Waals surface area contributed by atoms with Crippen molar-refractivity contribution in [1.29, 1.82) is 0 Å². The van der Waals surface area contributed by atoms with Crippen molar-refractivity contribution >= 4 is 10.3 Å². The normalized spacial score (nSPS) is 10.4. The van der Waals surface area contributed by atoms with Gasteiger partial charge in [0.1, 0.15) is 0 Å². The molecular weight excluding hydrogens is 246 g/mol. The molecule has 0 aliphatic carbocycles. The molecule has 0 aliphatic heterocycles. The molecule has 0 unspecified atom stereocenters. The van der Waals surface area contributed by atoms with Crippen LogP contribution in [0.25, 0.3) is 5.69 Å². The van der Waals surface area contributed by atoms with Gasteiger partial charge in [0.25, 0.3) is 0 Å². The molecule has 0 radical (unpaired) electrons. The number of nitrogens with zero attached hydrogens (tertiary/aromatic N) is 1. The summed E-state index contributed by atoms with van der Waals surface area (Å²) >= 11 is 0. The van der Waals surface area contributed by atoms with Gasteiger partial charge in [-0.15, -0.1) is 0 Å². The SMILES string of the molecule is Cc1ccc(C)c(-n2cccc(C)c2=S(=O)=O)c1. The highest BCUT2D eigenvalue weighted by molar-refractivity contribution is 7.63. The monoisotopic (exact) mass is 261 g/mol. The summed E-state index contributed by atoms with van der Waals surface area (Å²) in [6.07, 6.45) is 1.78. The fourth-order valence-electron chi connectivity index (χ4n) is 1.98. The van der Waals surface area contributed by atoms with Gasteiger partial charge < -0.3 is 4.57 Å². The number of rotatable bonds is 1. The van der Waals surface area contributed by atoms with Crippen LogP contribution >= 0.6 is 0 Å². The molecule has 18 heavy (non-hydrogen) atoms. The zero-order valence-electron chi connectivity index (χ0n) is 10.6. The lowest BCUT2D eigenvalue weighted by Crippen LogP contribution is -2.02. The first-order valence-electron chi connectivity index (χ1n) is 5.69. The minimum absolute atomic E-state index is 0.311. The quantitative estimate of drug-likeness (QED) is 0.740. The molecule has 1 heterocycles. The van der Waals surface area contributed by atoms with E-state index < -0.39 is 10.3 Å². The number of hydrogen-bond donors (Lipinski definition) is 0. The second-order valence-corrected chi connectivity index (χ2v) is 5.25. The Hall–Kier alpha value is -1.81. The number of pyridine rings is 1. The zero-order chi connectivity index (χ0) is 13.3. The molecule has 0 bridgehead atoms. The molecule has 0 saturated carbocycles. The maximum absolute atomic E-state index is 11.4. The van der Waals surface area contributed by atoms with Gasteiger partial charge in [0, 0.05) is 11.9 Å². The van der Waals surface area contributed by atoms with E-state index in [4.69, 9.17) is 0 Å². The lowest BCUT2D eigenvalue weighted by molar-refractivity contribution is 0.623. The van der Waals surface area contributed by atoms with Gasteiger partial charge in [-0.3, -0.25) is 0 Å². The van der Waals surface area contributed by atoms with Gasteiger partial charge in [0.2, 0.25) is 10.3 Å². The maximum atomic E-state index is 11.4. The Kier molecular flexibility index (Phi) is 3.39. The number of benzene rings is 1. The van der Waals surface area contributed by atoms with Crippen LogP contribution in [-0.2, 0) is 10.3 Å². The summed E-state index contributed by atoms with van der Waals surface area (Å²) in [6, 6.07) is 9.66. The molecule has 3 nitrogen and oxygen atoms in total. The van der Waals surface area contributed by atoms with E-state index in [1.165, 1.54) is 0 Å². The van der Waals surface area contributed by atoms with Crippen LogP contribution in [0.1, 0.15) is 16.7 Å². The number of aromatic nitrogens is 1. The summed E-state index contributed by atoms with van der Waals surface area (Å²) in [4.78, 5) is 0. The van der Waals surface area contributed by atoms with Crippen molar-refractivity contribution in [2.45, 2.75) is 20.8 Å². The molecule has 0 saturated heterocycles. The van der Waals surface area contributed by atoms with Crippen molar-refractivity contribution in [3.05, 3.63) is 57.9 Å². The second kappa shape index (κ2) is 4.82. The van der Waals surface area contributed by atoms with Crippen molar-refractivity contribution in [3.63, 3.8) is 0 Å². The lowest BCUT2D eigenvalue weighted by Gasteiger charge is -2.11. The molecule has 94 valence electrons. The summed E-state index contributed by atoms with van der Waals surface area (Å²) in [7, 11) is -2.25.